The second-order valence-electron chi connectivity index (χ2n) is 5.72. The van der Waals surface area contributed by atoms with E-state index in [2.05, 4.69) is 58.7 Å². The third-order valence-electron chi connectivity index (χ3n) is 1.33. The van der Waals surface area contributed by atoms with Crippen LogP contribution in [0.5, 0.6) is 0 Å². The van der Waals surface area contributed by atoms with E-state index in [1.54, 1.807) is 0 Å². The van der Waals surface area contributed by atoms with E-state index in [4.69, 9.17) is 0 Å². The summed E-state index contributed by atoms with van der Waals surface area (Å²) in [5, 5.41) is 3.32. The zero-order chi connectivity index (χ0) is 10.5. The van der Waals surface area contributed by atoms with Crippen molar-refractivity contribution in [3.63, 3.8) is 0 Å². The van der Waals surface area contributed by atoms with Crippen molar-refractivity contribution in [2.75, 3.05) is 13.1 Å². The number of hydrogen-bond acceptors (Lipinski definition) is 1. The van der Waals surface area contributed by atoms with Gasteiger partial charge in [-0.1, -0.05) is 32.6 Å². The smallest absolute Gasteiger partial charge is 0.0576 e. The predicted molar refractivity (Wildman–Crippen MR) is 59.6 cm³/mol. The third-order valence-corrected chi connectivity index (χ3v) is 1.33. The van der Waals surface area contributed by atoms with Crippen LogP contribution >= 0.6 is 0 Å². The van der Waals surface area contributed by atoms with Gasteiger partial charge in [-0.15, -0.1) is 0 Å². The lowest BCUT2D eigenvalue weighted by atomic mass is 9.97. The molecule has 0 saturated heterocycles. The van der Waals surface area contributed by atoms with Gasteiger partial charge in [0.2, 0.25) is 0 Å². The van der Waals surface area contributed by atoms with E-state index in [-0.39, 0.29) is 5.41 Å². The van der Waals surface area contributed by atoms with Crippen LogP contribution in [-0.2, 0) is 0 Å². The summed E-state index contributed by atoms with van der Waals surface area (Å²) in [6.07, 6.45) is 0. The van der Waals surface area contributed by atoms with Crippen LogP contribution in [0.2, 0.25) is 0 Å². The van der Waals surface area contributed by atoms with Gasteiger partial charge in [0, 0.05) is 12.0 Å². The zero-order valence-corrected chi connectivity index (χ0v) is 9.91. The monoisotopic (exact) mass is 181 g/mol. The van der Waals surface area contributed by atoms with Crippen LogP contribution in [0, 0.1) is 22.7 Å². The highest BCUT2D eigenvalue weighted by atomic mass is 14.9. The third kappa shape index (κ3) is 11.5. The van der Waals surface area contributed by atoms with Crippen molar-refractivity contribution in [2.45, 2.75) is 41.5 Å². The Bertz CT molecular complexity index is 192. The molecule has 76 valence electrons. The molecule has 0 spiro atoms. The summed E-state index contributed by atoms with van der Waals surface area (Å²) in [6.45, 7) is 14.9. The molecule has 0 heterocycles. The molecule has 0 atom stereocenters. The Labute approximate surface area is 83.3 Å². The fourth-order valence-corrected chi connectivity index (χ4v) is 0.809. The van der Waals surface area contributed by atoms with E-state index >= 15 is 0 Å². The van der Waals surface area contributed by atoms with Crippen LogP contribution in [0.25, 0.3) is 0 Å². The molecule has 1 N–H and O–H groups in total. The Morgan fingerprint density at radius 3 is 1.92 bits per heavy atom. The fraction of sp³-hybridized carbons (Fsp3) is 0.833. The van der Waals surface area contributed by atoms with E-state index in [0.717, 1.165) is 13.1 Å². The molecular formula is C12H23N. The highest BCUT2D eigenvalue weighted by molar-refractivity contribution is 5.08. The van der Waals surface area contributed by atoms with Crippen LogP contribution in [0.4, 0.5) is 0 Å². The van der Waals surface area contributed by atoms with Gasteiger partial charge in [0.15, 0.2) is 0 Å². The van der Waals surface area contributed by atoms with E-state index in [1.165, 1.54) is 0 Å². The molecule has 0 aliphatic rings. The summed E-state index contributed by atoms with van der Waals surface area (Å²) in [7, 11) is 0. The average Bonchev–Trinajstić information content (AvgIpc) is 1.81. The van der Waals surface area contributed by atoms with Gasteiger partial charge in [-0.25, -0.2) is 0 Å². The van der Waals surface area contributed by atoms with Crippen molar-refractivity contribution in [1.82, 2.24) is 5.32 Å². The van der Waals surface area contributed by atoms with Crippen LogP contribution < -0.4 is 5.32 Å². The van der Waals surface area contributed by atoms with Gasteiger partial charge < -0.3 is 5.32 Å². The molecule has 1 heteroatoms. The molecular weight excluding hydrogens is 158 g/mol. The maximum atomic E-state index is 3.32. The summed E-state index contributed by atoms with van der Waals surface area (Å²) in [6, 6.07) is 0. The number of nitrogens with one attached hydrogen (secondary N) is 1. The Balaban J connectivity index is 3.62. The SMILES string of the molecule is CC(C)(C)C#CCNCC(C)(C)C. The first kappa shape index (κ1) is 12.5. The van der Waals surface area contributed by atoms with Crippen molar-refractivity contribution in [2.24, 2.45) is 10.8 Å². The van der Waals surface area contributed by atoms with Crippen molar-refractivity contribution in [3.8, 4) is 11.8 Å². The summed E-state index contributed by atoms with van der Waals surface area (Å²) in [5.41, 5.74) is 0.479. The van der Waals surface area contributed by atoms with E-state index in [0.29, 0.717) is 5.41 Å². The summed E-state index contributed by atoms with van der Waals surface area (Å²) < 4.78 is 0. The molecule has 0 bridgehead atoms. The Kier molecular flexibility index (Phi) is 4.50. The molecule has 0 rings (SSSR count). The second kappa shape index (κ2) is 4.67. The molecule has 0 aliphatic carbocycles. The quantitative estimate of drug-likeness (QED) is 0.510. The molecule has 0 amide bonds. The highest BCUT2D eigenvalue weighted by Crippen LogP contribution is 2.10. The number of hydrogen-bond donors (Lipinski definition) is 1. The molecule has 0 saturated carbocycles. The van der Waals surface area contributed by atoms with Gasteiger partial charge in [-0.05, 0) is 26.2 Å². The lowest BCUT2D eigenvalue weighted by Gasteiger charge is -2.17. The molecule has 0 aromatic heterocycles. The minimum absolute atomic E-state index is 0.128. The average molecular weight is 181 g/mol. The van der Waals surface area contributed by atoms with Crippen LogP contribution in [0.3, 0.4) is 0 Å². The second-order valence-corrected chi connectivity index (χ2v) is 5.72. The normalized spacial score (nSPS) is 12.2. The fourth-order valence-electron chi connectivity index (χ4n) is 0.809. The highest BCUT2D eigenvalue weighted by Gasteiger charge is 2.08. The molecule has 1 nitrogen and oxygen atoms in total. The largest absolute Gasteiger partial charge is 0.306 e. The molecule has 0 fully saturated rings. The van der Waals surface area contributed by atoms with Gasteiger partial charge in [-0.3, -0.25) is 0 Å². The van der Waals surface area contributed by atoms with Gasteiger partial charge in [-0.2, -0.15) is 0 Å². The van der Waals surface area contributed by atoms with Crippen LogP contribution in [0.15, 0.2) is 0 Å². The Hall–Kier alpha value is -0.480. The topological polar surface area (TPSA) is 12.0 Å². The minimum Gasteiger partial charge on any atom is -0.306 e. The Morgan fingerprint density at radius 2 is 1.54 bits per heavy atom. The standard InChI is InChI=1S/C12H23N/c1-11(2,3)8-7-9-13-10-12(4,5)6/h13H,9-10H2,1-6H3. The molecule has 13 heavy (non-hydrogen) atoms. The van der Waals surface area contributed by atoms with Crippen molar-refractivity contribution < 1.29 is 0 Å². The van der Waals surface area contributed by atoms with Gasteiger partial charge in [0.1, 0.15) is 0 Å². The first-order chi connectivity index (χ1) is 5.71. The summed E-state index contributed by atoms with van der Waals surface area (Å²) >= 11 is 0. The maximum absolute atomic E-state index is 3.32. The zero-order valence-electron chi connectivity index (χ0n) is 9.91. The minimum atomic E-state index is 0.128. The van der Waals surface area contributed by atoms with Crippen molar-refractivity contribution in [1.29, 1.82) is 0 Å². The predicted octanol–water partition coefficient (Wildman–Crippen LogP) is 2.67. The summed E-state index contributed by atoms with van der Waals surface area (Å²) in [5.74, 6) is 6.33. The lowest BCUT2D eigenvalue weighted by molar-refractivity contribution is 0.389. The van der Waals surface area contributed by atoms with E-state index in [9.17, 15) is 0 Å². The van der Waals surface area contributed by atoms with Gasteiger partial charge in [0.05, 0.1) is 6.54 Å². The van der Waals surface area contributed by atoms with Crippen molar-refractivity contribution in [3.05, 3.63) is 0 Å². The molecule has 0 radical (unpaired) electrons. The molecule has 0 aromatic rings. The summed E-state index contributed by atoms with van der Waals surface area (Å²) in [4.78, 5) is 0. The molecule has 0 aromatic carbocycles. The molecule has 0 unspecified atom stereocenters. The van der Waals surface area contributed by atoms with E-state index < -0.39 is 0 Å². The molecule has 0 aliphatic heterocycles. The van der Waals surface area contributed by atoms with Gasteiger partial charge >= 0.3 is 0 Å². The lowest BCUT2D eigenvalue weighted by Crippen LogP contribution is -2.27. The Morgan fingerprint density at radius 1 is 1.00 bits per heavy atom. The first-order valence-electron chi connectivity index (χ1n) is 4.91. The van der Waals surface area contributed by atoms with Crippen molar-refractivity contribution >= 4 is 0 Å². The first-order valence-corrected chi connectivity index (χ1v) is 4.91. The number of rotatable bonds is 2. The van der Waals surface area contributed by atoms with Crippen LogP contribution in [-0.4, -0.2) is 13.1 Å². The van der Waals surface area contributed by atoms with Gasteiger partial charge in [0.25, 0.3) is 0 Å². The van der Waals surface area contributed by atoms with Crippen LogP contribution in [0.1, 0.15) is 41.5 Å². The van der Waals surface area contributed by atoms with E-state index in [1.807, 2.05) is 0 Å². The maximum Gasteiger partial charge on any atom is 0.0576 e.